The molecule has 0 unspecified atom stereocenters. The van der Waals surface area contributed by atoms with Crippen LogP contribution in [0.3, 0.4) is 0 Å². The van der Waals surface area contributed by atoms with Crippen LogP contribution in [-0.4, -0.2) is 20.1 Å². The Morgan fingerprint density at radius 1 is 0.650 bits per heavy atom. The van der Waals surface area contributed by atoms with Gasteiger partial charge in [-0.25, -0.2) is 15.0 Å². The zero-order chi connectivity index (χ0) is 28.5. The highest BCUT2D eigenvalue weighted by atomic mass is 16.5. The van der Waals surface area contributed by atoms with Gasteiger partial charge in [-0.15, -0.1) is 0 Å². The normalized spacial score (nSPS) is 11.8. The molecule has 202 valence electrons. The van der Waals surface area contributed by atoms with Crippen molar-refractivity contribution < 1.29 is 9.84 Å². The third kappa shape index (κ3) is 5.89. The van der Waals surface area contributed by atoms with Crippen molar-refractivity contribution in [1.29, 1.82) is 0 Å². The lowest BCUT2D eigenvalue weighted by molar-refractivity contribution is 0.446. The number of ether oxygens (including phenoxy) is 1. The van der Waals surface area contributed by atoms with E-state index in [0.29, 0.717) is 28.7 Å². The summed E-state index contributed by atoms with van der Waals surface area (Å²) in [6, 6.07) is 29.4. The number of hydrogen-bond acceptors (Lipinski definition) is 5. The Labute approximate surface area is 236 Å². The monoisotopic (exact) mass is 529 g/mol. The third-order valence-electron chi connectivity index (χ3n) is 6.81. The van der Waals surface area contributed by atoms with E-state index in [-0.39, 0.29) is 16.6 Å². The molecule has 0 amide bonds. The molecule has 5 aromatic rings. The number of aromatic hydroxyl groups is 1. The number of phenolic OH excluding ortho intramolecular Hbond substituents is 1. The minimum absolute atomic E-state index is 0.113. The molecule has 40 heavy (non-hydrogen) atoms. The molecule has 0 spiro atoms. The van der Waals surface area contributed by atoms with Crippen molar-refractivity contribution in [2.24, 2.45) is 0 Å². The maximum absolute atomic E-state index is 11.6. The van der Waals surface area contributed by atoms with E-state index in [0.717, 1.165) is 27.9 Å². The van der Waals surface area contributed by atoms with Gasteiger partial charge in [0.1, 0.15) is 11.5 Å². The van der Waals surface area contributed by atoms with Gasteiger partial charge in [0.25, 0.3) is 0 Å². The standard InChI is InChI=1S/C35H35N3O2/c1-34(2,3)25-20-27(32(39)28(21-25)35(4,5)6)30-22-29(23-13-8-7-9-14-23)37-33(38-30)24-15-12-16-26(19-24)40-31-17-10-11-18-36-31/h7-22,39H,1-6H3. The van der Waals surface area contributed by atoms with E-state index in [4.69, 9.17) is 14.7 Å². The van der Waals surface area contributed by atoms with Crippen LogP contribution >= 0.6 is 0 Å². The average molecular weight is 530 g/mol. The van der Waals surface area contributed by atoms with Crippen molar-refractivity contribution in [3.63, 3.8) is 0 Å². The summed E-state index contributed by atoms with van der Waals surface area (Å²) < 4.78 is 5.99. The predicted octanol–water partition coefficient (Wildman–Crippen LogP) is 8.97. The van der Waals surface area contributed by atoms with Gasteiger partial charge in [-0.3, -0.25) is 0 Å². The van der Waals surface area contributed by atoms with Crippen molar-refractivity contribution in [2.45, 2.75) is 52.4 Å². The lowest BCUT2D eigenvalue weighted by Gasteiger charge is -2.27. The second-order valence-electron chi connectivity index (χ2n) is 12.0. The molecule has 0 saturated carbocycles. The molecule has 0 saturated heterocycles. The van der Waals surface area contributed by atoms with Crippen LogP contribution in [0.2, 0.25) is 0 Å². The number of phenols is 1. The predicted molar refractivity (Wildman–Crippen MR) is 162 cm³/mol. The summed E-state index contributed by atoms with van der Waals surface area (Å²) in [7, 11) is 0. The van der Waals surface area contributed by atoms with Crippen LogP contribution in [0.25, 0.3) is 33.9 Å². The highest BCUT2D eigenvalue weighted by Gasteiger charge is 2.26. The number of hydrogen-bond donors (Lipinski definition) is 1. The maximum Gasteiger partial charge on any atom is 0.219 e. The van der Waals surface area contributed by atoms with Crippen molar-refractivity contribution >= 4 is 0 Å². The van der Waals surface area contributed by atoms with Gasteiger partial charge >= 0.3 is 0 Å². The molecule has 0 fully saturated rings. The number of rotatable bonds is 5. The van der Waals surface area contributed by atoms with Crippen molar-refractivity contribution in [1.82, 2.24) is 15.0 Å². The highest BCUT2D eigenvalue weighted by Crippen LogP contribution is 2.42. The van der Waals surface area contributed by atoms with Crippen molar-refractivity contribution in [3.8, 4) is 51.3 Å². The second-order valence-corrected chi connectivity index (χ2v) is 12.0. The summed E-state index contributed by atoms with van der Waals surface area (Å²) >= 11 is 0. The molecule has 3 aromatic carbocycles. The van der Waals surface area contributed by atoms with E-state index >= 15 is 0 Å². The maximum atomic E-state index is 11.6. The van der Waals surface area contributed by atoms with E-state index in [2.05, 4.69) is 58.7 Å². The molecular formula is C35H35N3O2. The zero-order valence-electron chi connectivity index (χ0n) is 23.9. The quantitative estimate of drug-likeness (QED) is 0.246. The molecule has 0 aliphatic rings. The number of pyridine rings is 1. The van der Waals surface area contributed by atoms with Crippen LogP contribution in [0.15, 0.2) is 97.2 Å². The number of benzene rings is 3. The molecule has 2 aromatic heterocycles. The topological polar surface area (TPSA) is 68.1 Å². The Bertz CT molecular complexity index is 1630. The Balaban J connectivity index is 1.71. The Morgan fingerprint density at radius 2 is 1.35 bits per heavy atom. The van der Waals surface area contributed by atoms with Crippen LogP contribution in [0.4, 0.5) is 0 Å². The Kier molecular flexibility index (Phi) is 7.16. The molecule has 0 aliphatic heterocycles. The lowest BCUT2D eigenvalue weighted by atomic mass is 9.78. The third-order valence-corrected chi connectivity index (χ3v) is 6.81. The van der Waals surface area contributed by atoms with E-state index < -0.39 is 0 Å². The number of aromatic nitrogens is 3. The van der Waals surface area contributed by atoms with Gasteiger partial charge in [-0.2, -0.15) is 0 Å². The molecule has 0 atom stereocenters. The van der Waals surface area contributed by atoms with Gasteiger partial charge in [0.05, 0.1) is 11.4 Å². The summed E-state index contributed by atoms with van der Waals surface area (Å²) in [6.07, 6.45) is 1.70. The highest BCUT2D eigenvalue weighted by molar-refractivity contribution is 5.77. The fourth-order valence-electron chi connectivity index (χ4n) is 4.53. The first-order chi connectivity index (χ1) is 19.0. The van der Waals surface area contributed by atoms with Crippen LogP contribution in [0, 0.1) is 0 Å². The molecular weight excluding hydrogens is 494 g/mol. The summed E-state index contributed by atoms with van der Waals surface area (Å²) in [4.78, 5) is 14.2. The van der Waals surface area contributed by atoms with Gasteiger partial charge in [0.15, 0.2) is 5.82 Å². The summed E-state index contributed by atoms with van der Waals surface area (Å²) in [5, 5.41) is 11.6. The summed E-state index contributed by atoms with van der Waals surface area (Å²) in [5.41, 5.74) is 5.56. The lowest BCUT2D eigenvalue weighted by Crippen LogP contribution is -2.17. The van der Waals surface area contributed by atoms with Gasteiger partial charge < -0.3 is 9.84 Å². The second kappa shape index (κ2) is 10.6. The van der Waals surface area contributed by atoms with Gasteiger partial charge in [0, 0.05) is 34.5 Å². The fourth-order valence-corrected chi connectivity index (χ4v) is 4.53. The fraction of sp³-hybridized carbons (Fsp3) is 0.229. The zero-order valence-corrected chi connectivity index (χ0v) is 23.9. The van der Waals surface area contributed by atoms with Gasteiger partial charge in [-0.05, 0) is 46.7 Å². The van der Waals surface area contributed by atoms with Crippen molar-refractivity contribution in [2.75, 3.05) is 0 Å². The first kappa shape index (κ1) is 27.1. The molecule has 0 aliphatic carbocycles. The van der Waals surface area contributed by atoms with Crippen LogP contribution in [0.1, 0.15) is 52.7 Å². The van der Waals surface area contributed by atoms with Crippen molar-refractivity contribution in [3.05, 3.63) is 108 Å². The molecule has 5 heteroatoms. The molecule has 5 nitrogen and oxygen atoms in total. The van der Waals surface area contributed by atoms with E-state index in [1.54, 1.807) is 6.20 Å². The molecule has 0 bridgehead atoms. The van der Waals surface area contributed by atoms with E-state index in [1.807, 2.05) is 78.9 Å². The minimum atomic E-state index is -0.255. The molecule has 2 heterocycles. The summed E-state index contributed by atoms with van der Waals surface area (Å²) in [6.45, 7) is 12.9. The molecule has 0 radical (unpaired) electrons. The average Bonchev–Trinajstić information content (AvgIpc) is 2.93. The molecule has 5 rings (SSSR count). The van der Waals surface area contributed by atoms with Gasteiger partial charge in [0.2, 0.25) is 5.88 Å². The SMILES string of the molecule is CC(C)(C)c1cc(-c2cc(-c3ccccc3)nc(-c3cccc(Oc4ccccn4)c3)n2)c(O)c(C(C)(C)C)c1. The van der Waals surface area contributed by atoms with Crippen LogP contribution in [-0.2, 0) is 10.8 Å². The Hall–Kier alpha value is -4.51. The molecule has 1 N–H and O–H groups in total. The Morgan fingerprint density at radius 3 is 2.02 bits per heavy atom. The number of nitrogens with zero attached hydrogens (tertiary/aromatic N) is 3. The smallest absolute Gasteiger partial charge is 0.219 e. The largest absolute Gasteiger partial charge is 0.507 e. The first-order valence-electron chi connectivity index (χ1n) is 13.5. The van der Waals surface area contributed by atoms with Crippen LogP contribution in [0.5, 0.6) is 17.4 Å². The van der Waals surface area contributed by atoms with Crippen LogP contribution < -0.4 is 4.74 Å². The van der Waals surface area contributed by atoms with E-state index in [9.17, 15) is 5.11 Å². The minimum Gasteiger partial charge on any atom is -0.507 e. The van der Waals surface area contributed by atoms with Gasteiger partial charge in [-0.1, -0.05) is 96.1 Å². The van der Waals surface area contributed by atoms with E-state index in [1.165, 1.54) is 0 Å². The first-order valence-corrected chi connectivity index (χ1v) is 13.5. The summed E-state index contributed by atoms with van der Waals surface area (Å²) in [5.74, 6) is 1.94.